The van der Waals surface area contributed by atoms with Crippen molar-refractivity contribution in [2.75, 3.05) is 6.61 Å². The molecule has 0 spiro atoms. The molecule has 1 aromatic rings. The van der Waals surface area contributed by atoms with Gasteiger partial charge in [-0.1, -0.05) is 50.6 Å². The number of ether oxygens (including phenoxy) is 1. The van der Waals surface area contributed by atoms with Crippen molar-refractivity contribution in [2.45, 2.75) is 33.1 Å². The van der Waals surface area contributed by atoms with E-state index in [0.29, 0.717) is 6.61 Å². The highest BCUT2D eigenvalue weighted by atomic mass is 16.5. The minimum atomic E-state index is -0.183. The van der Waals surface area contributed by atoms with Gasteiger partial charge in [-0.05, 0) is 24.5 Å². The maximum Gasteiger partial charge on any atom is 0.334 e. The van der Waals surface area contributed by atoms with Crippen molar-refractivity contribution in [1.29, 1.82) is 0 Å². The molecule has 0 heterocycles. The van der Waals surface area contributed by atoms with Gasteiger partial charge >= 0.3 is 5.97 Å². The Hall–Kier alpha value is -1.57. The molecule has 0 aliphatic heterocycles. The smallest absolute Gasteiger partial charge is 0.334 e. The predicted octanol–water partition coefficient (Wildman–Crippen LogP) is 3.82. The zero-order valence-corrected chi connectivity index (χ0v) is 10.6. The van der Waals surface area contributed by atoms with Gasteiger partial charge < -0.3 is 4.74 Å². The molecule has 0 radical (unpaired) electrons. The third kappa shape index (κ3) is 4.85. The largest absolute Gasteiger partial charge is 0.462 e. The van der Waals surface area contributed by atoms with Crippen LogP contribution in [-0.4, -0.2) is 12.6 Å². The molecule has 0 unspecified atom stereocenters. The summed E-state index contributed by atoms with van der Waals surface area (Å²) in [5.41, 5.74) is 1.80. The van der Waals surface area contributed by atoms with Crippen molar-refractivity contribution >= 4 is 12.0 Å². The zero-order chi connectivity index (χ0) is 12.5. The highest BCUT2D eigenvalue weighted by molar-refractivity contribution is 5.93. The lowest BCUT2D eigenvalue weighted by atomic mass is 10.1. The van der Waals surface area contributed by atoms with Crippen molar-refractivity contribution in [2.24, 2.45) is 0 Å². The van der Waals surface area contributed by atoms with Crippen LogP contribution in [0.1, 0.15) is 38.7 Å². The summed E-state index contributed by atoms with van der Waals surface area (Å²) in [5.74, 6) is -0.183. The van der Waals surface area contributed by atoms with Gasteiger partial charge in [0.25, 0.3) is 0 Å². The molecule has 0 fully saturated rings. The summed E-state index contributed by atoms with van der Waals surface area (Å²) in [6, 6.07) is 9.87. The standard InChI is InChI=1S/C15H20O2/c1-3-8-14(15(16)17-11-4-2)12-13-9-6-5-7-10-13/h5-7,9-10,12H,3-4,8,11H2,1-2H3. The van der Waals surface area contributed by atoms with Gasteiger partial charge in [-0.25, -0.2) is 4.79 Å². The van der Waals surface area contributed by atoms with Gasteiger partial charge in [-0.15, -0.1) is 0 Å². The Kier molecular flexibility index (Phi) is 6.08. The Bertz CT molecular complexity index is 366. The highest BCUT2D eigenvalue weighted by Crippen LogP contribution is 2.13. The highest BCUT2D eigenvalue weighted by Gasteiger charge is 2.09. The van der Waals surface area contributed by atoms with E-state index in [4.69, 9.17) is 4.74 Å². The second-order valence-electron chi connectivity index (χ2n) is 3.97. The lowest BCUT2D eigenvalue weighted by molar-refractivity contribution is -0.139. The number of carbonyl (C=O) groups excluding carboxylic acids is 1. The number of hydrogen-bond acceptors (Lipinski definition) is 2. The number of hydrogen-bond donors (Lipinski definition) is 0. The van der Waals surface area contributed by atoms with E-state index in [1.54, 1.807) is 0 Å². The first-order valence-corrected chi connectivity index (χ1v) is 6.20. The van der Waals surface area contributed by atoms with Gasteiger partial charge in [0.2, 0.25) is 0 Å². The van der Waals surface area contributed by atoms with Crippen LogP contribution in [0.5, 0.6) is 0 Å². The second kappa shape index (κ2) is 7.66. The van der Waals surface area contributed by atoms with Crippen molar-refractivity contribution in [3.63, 3.8) is 0 Å². The lowest BCUT2D eigenvalue weighted by Gasteiger charge is -2.06. The predicted molar refractivity (Wildman–Crippen MR) is 70.6 cm³/mol. The summed E-state index contributed by atoms with van der Waals surface area (Å²) >= 11 is 0. The Morgan fingerprint density at radius 3 is 2.47 bits per heavy atom. The Morgan fingerprint density at radius 2 is 1.88 bits per heavy atom. The molecule has 0 saturated carbocycles. The molecule has 0 atom stereocenters. The van der Waals surface area contributed by atoms with Crippen LogP contribution in [0.3, 0.4) is 0 Å². The Morgan fingerprint density at radius 1 is 1.18 bits per heavy atom. The molecule has 17 heavy (non-hydrogen) atoms. The first kappa shape index (κ1) is 13.5. The summed E-state index contributed by atoms with van der Waals surface area (Å²) < 4.78 is 5.17. The first-order chi connectivity index (χ1) is 8.27. The fourth-order valence-corrected chi connectivity index (χ4v) is 1.54. The first-order valence-electron chi connectivity index (χ1n) is 6.20. The summed E-state index contributed by atoms with van der Waals surface area (Å²) in [6.45, 7) is 4.55. The van der Waals surface area contributed by atoms with Gasteiger partial charge in [0, 0.05) is 5.57 Å². The van der Waals surface area contributed by atoms with E-state index in [9.17, 15) is 4.79 Å². The maximum absolute atomic E-state index is 11.8. The number of esters is 1. The van der Waals surface area contributed by atoms with Crippen LogP contribution in [0.15, 0.2) is 35.9 Å². The van der Waals surface area contributed by atoms with Crippen LogP contribution in [-0.2, 0) is 9.53 Å². The van der Waals surface area contributed by atoms with Crippen LogP contribution < -0.4 is 0 Å². The van der Waals surface area contributed by atoms with E-state index in [1.165, 1.54) is 0 Å². The fraction of sp³-hybridized carbons (Fsp3) is 0.400. The van der Waals surface area contributed by atoms with Crippen LogP contribution in [0.2, 0.25) is 0 Å². The van der Waals surface area contributed by atoms with E-state index in [1.807, 2.05) is 43.3 Å². The van der Waals surface area contributed by atoms with Gasteiger partial charge in [0.15, 0.2) is 0 Å². The molecule has 1 rings (SSSR count). The molecule has 0 aromatic heterocycles. The SMILES string of the molecule is CCCOC(=O)C(=Cc1ccccc1)CCC. The Labute approximate surface area is 103 Å². The molecule has 0 aliphatic carbocycles. The number of carbonyl (C=O) groups is 1. The molecule has 0 bridgehead atoms. The van der Waals surface area contributed by atoms with Gasteiger partial charge in [0.05, 0.1) is 6.61 Å². The van der Waals surface area contributed by atoms with Crippen molar-refractivity contribution < 1.29 is 9.53 Å². The third-order valence-corrected chi connectivity index (χ3v) is 2.36. The monoisotopic (exact) mass is 232 g/mol. The molecule has 0 amide bonds. The van der Waals surface area contributed by atoms with Crippen molar-refractivity contribution in [1.82, 2.24) is 0 Å². The summed E-state index contributed by atoms with van der Waals surface area (Å²) in [4.78, 5) is 11.8. The van der Waals surface area contributed by atoms with Crippen LogP contribution in [0.4, 0.5) is 0 Å². The molecule has 2 heteroatoms. The second-order valence-corrected chi connectivity index (χ2v) is 3.97. The summed E-state index contributed by atoms with van der Waals surface area (Å²) in [6.07, 6.45) is 4.48. The minimum absolute atomic E-state index is 0.183. The average Bonchev–Trinajstić information content (AvgIpc) is 2.36. The topological polar surface area (TPSA) is 26.3 Å². The van der Waals surface area contributed by atoms with Crippen molar-refractivity contribution in [3.8, 4) is 0 Å². The summed E-state index contributed by atoms with van der Waals surface area (Å²) in [7, 11) is 0. The third-order valence-electron chi connectivity index (χ3n) is 2.36. The van der Waals surface area contributed by atoms with E-state index in [0.717, 1.165) is 30.4 Å². The average molecular weight is 232 g/mol. The fourth-order valence-electron chi connectivity index (χ4n) is 1.54. The van der Waals surface area contributed by atoms with E-state index < -0.39 is 0 Å². The van der Waals surface area contributed by atoms with Gasteiger partial charge in [-0.3, -0.25) is 0 Å². The number of rotatable bonds is 6. The molecule has 0 N–H and O–H groups in total. The van der Waals surface area contributed by atoms with Crippen LogP contribution in [0, 0.1) is 0 Å². The normalized spacial score (nSPS) is 11.3. The number of benzene rings is 1. The maximum atomic E-state index is 11.8. The lowest BCUT2D eigenvalue weighted by Crippen LogP contribution is -2.08. The molecule has 0 aliphatic rings. The quantitative estimate of drug-likeness (QED) is 0.550. The van der Waals surface area contributed by atoms with Gasteiger partial charge in [0.1, 0.15) is 0 Å². The van der Waals surface area contributed by atoms with E-state index in [2.05, 4.69) is 6.92 Å². The van der Waals surface area contributed by atoms with Gasteiger partial charge in [-0.2, -0.15) is 0 Å². The minimum Gasteiger partial charge on any atom is -0.462 e. The van der Waals surface area contributed by atoms with E-state index >= 15 is 0 Å². The van der Waals surface area contributed by atoms with Crippen LogP contribution in [0.25, 0.3) is 6.08 Å². The van der Waals surface area contributed by atoms with Crippen molar-refractivity contribution in [3.05, 3.63) is 41.5 Å². The molecule has 2 nitrogen and oxygen atoms in total. The molecular weight excluding hydrogens is 212 g/mol. The molecular formula is C15H20O2. The summed E-state index contributed by atoms with van der Waals surface area (Å²) in [5, 5.41) is 0. The Balaban J connectivity index is 2.77. The molecule has 0 saturated heterocycles. The van der Waals surface area contributed by atoms with E-state index in [-0.39, 0.29) is 5.97 Å². The molecule has 92 valence electrons. The van der Waals surface area contributed by atoms with Crippen LogP contribution >= 0.6 is 0 Å². The zero-order valence-electron chi connectivity index (χ0n) is 10.6. The molecule has 1 aromatic carbocycles.